The number of carbonyl (C=O) groups excluding carboxylic acids is 1. The zero-order valence-electron chi connectivity index (χ0n) is 14.1. The van der Waals surface area contributed by atoms with E-state index in [0.29, 0.717) is 48.3 Å². The fraction of sp³-hybridized carbons (Fsp3) is 0.200. The number of morpholine rings is 1. The first-order valence-electron chi connectivity index (χ1n) is 8.67. The van der Waals surface area contributed by atoms with Gasteiger partial charge in [0.25, 0.3) is 11.5 Å². The predicted molar refractivity (Wildman–Crippen MR) is 99.8 cm³/mol. The van der Waals surface area contributed by atoms with E-state index in [9.17, 15) is 9.59 Å². The van der Waals surface area contributed by atoms with Crippen LogP contribution >= 0.6 is 0 Å². The van der Waals surface area contributed by atoms with Crippen molar-refractivity contribution in [1.29, 1.82) is 0 Å². The third kappa shape index (κ3) is 2.09. The molecule has 0 atom stereocenters. The molecule has 3 heterocycles. The zero-order chi connectivity index (χ0) is 17.7. The van der Waals surface area contributed by atoms with Crippen LogP contribution in [0.1, 0.15) is 10.4 Å². The van der Waals surface area contributed by atoms with Gasteiger partial charge in [-0.15, -0.1) is 0 Å². The molecule has 0 saturated carbocycles. The van der Waals surface area contributed by atoms with Gasteiger partial charge in [-0.1, -0.05) is 30.3 Å². The van der Waals surface area contributed by atoms with Gasteiger partial charge in [-0.25, -0.2) is 0 Å². The van der Waals surface area contributed by atoms with Crippen molar-refractivity contribution in [2.75, 3.05) is 26.3 Å². The number of carbonyl (C=O) groups is 1. The van der Waals surface area contributed by atoms with E-state index in [-0.39, 0.29) is 11.5 Å². The number of hydrogen-bond acceptors (Lipinski definition) is 3. The monoisotopic (exact) mass is 347 g/mol. The Hall–Kier alpha value is -3.12. The molecule has 0 aliphatic carbocycles. The van der Waals surface area contributed by atoms with Crippen LogP contribution in [0.4, 0.5) is 0 Å². The lowest BCUT2D eigenvalue weighted by Gasteiger charge is -2.27. The van der Waals surface area contributed by atoms with Crippen molar-refractivity contribution < 1.29 is 9.53 Å². The summed E-state index contributed by atoms with van der Waals surface area (Å²) in [6.07, 6.45) is 0. The van der Waals surface area contributed by atoms with Gasteiger partial charge in [-0.2, -0.15) is 0 Å². The molecular weight excluding hydrogens is 330 g/mol. The molecule has 0 spiro atoms. The summed E-state index contributed by atoms with van der Waals surface area (Å²) in [4.78, 5) is 31.5. The average molecular weight is 347 g/mol. The van der Waals surface area contributed by atoms with Crippen LogP contribution in [-0.4, -0.2) is 46.5 Å². The van der Waals surface area contributed by atoms with E-state index < -0.39 is 0 Å². The van der Waals surface area contributed by atoms with E-state index in [1.165, 1.54) is 0 Å². The first-order chi connectivity index (χ1) is 12.8. The fourth-order valence-corrected chi connectivity index (χ4v) is 3.74. The topological polar surface area (TPSA) is 66.8 Å². The third-order valence-electron chi connectivity index (χ3n) is 5.00. The number of hydrogen-bond donors (Lipinski definition) is 1. The highest BCUT2D eigenvalue weighted by molar-refractivity contribution is 6.12. The molecule has 0 radical (unpaired) electrons. The number of ether oxygens (including phenoxy) is 1. The second-order valence-corrected chi connectivity index (χ2v) is 6.46. The Bertz CT molecular complexity index is 1220. The number of amides is 1. The van der Waals surface area contributed by atoms with Gasteiger partial charge in [-0.05, 0) is 18.2 Å². The van der Waals surface area contributed by atoms with Crippen LogP contribution in [0, 0.1) is 0 Å². The molecule has 26 heavy (non-hydrogen) atoms. The first-order valence-corrected chi connectivity index (χ1v) is 8.67. The van der Waals surface area contributed by atoms with Crippen LogP contribution in [0.15, 0.2) is 53.3 Å². The van der Waals surface area contributed by atoms with E-state index in [4.69, 9.17) is 4.74 Å². The van der Waals surface area contributed by atoms with Gasteiger partial charge >= 0.3 is 0 Å². The number of rotatable bonds is 1. The molecule has 1 saturated heterocycles. The number of imidazole rings is 1. The van der Waals surface area contributed by atoms with E-state index in [1.807, 2.05) is 42.5 Å². The normalized spacial score (nSPS) is 15.2. The summed E-state index contributed by atoms with van der Waals surface area (Å²) in [5.41, 5.74) is 2.57. The van der Waals surface area contributed by atoms with Crippen LogP contribution in [0.3, 0.4) is 0 Å². The largest absolute Gasteiger partial charge is 0.378 e. The fourth-order valence-electron chi connectivity index (χ4n) is 3.74. The highest BCUT2D eigenvalue weighted by atomic mass is 16.5. The van der Waals surface area contributed by atoms with E-state index in [0.717, 1.165) is 11.0 Å². The standard InChI is InChI=1S/C20H17N3O3/c24-19-14-6-2-1-5-13(14)17(20(25)22-9-11-26-12-10-22)18-21-15-7-3-4-8-16(15)23(18)19/h1-8,21H,9-12H2. The van der Waals surface area contributed by atoms with Gasteiger partial charge in [0.05, 0.1) is 29.8 Å². The molecule has 1 aliphatic rings. The Balaban J connectivity index is 1.91. The molecule has 1 fully saturated rings. The van der Waals surface area contributed by atoms with E-state index >= 15 is 0 Å². The Morgan fingerprint density at radius 1 is 0.962 bits per heavy atom. The summed E-state index contributed by atoms with van der Waals surface area (Å²) in [5.74, 6) is -0.0754. The lowest BCUT2D eigenvalue weighted by atomic mass is 10.1. The van der Waals surface area contributed by atoms with Crippen molar-refractivity contribution in [3.63, 3.8) is 0 Å². The Labute approximate surface area is 148 Å². The molecule has 2 aromatic heterocycles. The SMILES string of the molecule is O=C(c1c2ccccc2c(=O)n2c1[nH]c1ccccc12)N1CCOCC1. The molecule has 2 aromatic carbocycles. The van der Waals surface area contributed by atoms with E-state index in [1.54, 1.807) is 15.4 Å². The molecule has 0 bridgehead atoms. The zero-order valence-corrected chi connectivity index (χ0v) is 14.1. The minimum atomic E-state index is -0.119. The number of pyridine rings is 1. The number of aromatic amines is 1. The number of nitrogens with zero attached hydrogens (tertiary/aromatic N) is 2. The maximum Gasteiger partial charge on any atom is 0.264 e. The van der Waals surface area contributed by atoms with Crippen LogP contribution < -0.4 is 5.56 Å². The van der Waals surface area contributed by atoms with Crippen LogP contribution in [0.25, 0.3) is 27.5 Å². The van der Waals surface area contributed by atoms with Gasteiger partial charge in [-0.3, -0.25) is 14.0 Å². The second-order valence-electron chi connectivity index (χ2n) is 6.46. The predicted octanol–water partition coefficient (Wildman–Crippen LogP) is 2.41. The van der Waals surface area contributed by atoms with Gasteiger partial charge in [0, 0.05) is 23.9 Å². The molecule has 0 unspecified atom stereocenters. The quantitative estimate of drug-likeness (QED) is 0.575. The molecule has 6 nitrogen and oxygen atoms in total. The molecule has 5 rings (SSSR count). The highest BCUT2D eigenvalue weighted by Crippen LogP contribution is 2.25. The van der Waals surface area contributed by atoms with Crippen molar-refractivity contribution in [2.24, 2.45) is 0 Å². The van der Waals surface area contributed by atoms with Crippen molar-refractivity contribution in [3.8, 4) is 0 Å². The summed E-state index contributed by atoms with van der Waals surface area (Å²) in [6.45, 7) is 2.18. The second kappa shape index (κ2) is 5.71. The number of fused-ring (bicyclic) bond motifs is 4. The van der Waals surface area contributed by atoms with Crippen molar-refractivity contribution in [2.45, 2.75) is 0 Å². The molecule has 6 heteroatoms. The maximum absolute atomic E-state index is 13.4. The number of H-pyrrole nitrogens is 1. The van der Waals surface area contributed by atoms with Crippen molar-refractivity contribution in [1.82, 2.24) is 14.3 Å². The van der Waals surface area contributed by atoms with Crippen molar-refractivity contribution >= 4 is 33.4 Å². The van der Waals surface area contributed by atoms with Gasteiger partial charge in [0.15, 0.2) is 0 Å². The lowest BCUT2D eigenvalue weighted by Crippen LogP contribution is -2.41. The third-order valence-corrected chi connectivity index (χ3v) is 5.00. The number of aromatic nitrogens is 2. The summed E-state index contributed by atoms with van der Waals surface area (Å²) < 4.78 is 6.99. The molecule has 4 aromatic rings. The average Bonchev–Trinajstić information content (AvgIpc) is 3.08. The van der Waals surface area contributed by atoms with Gasteiger partial charge < -0.3 is 14.6 Å². The van der Waals surface area contributed by atoms with Gasteiger partial charge in [0.1, 0.15) is 5.65 Å². The Morgan fingerprint density at radius 3 is 2.46 bits per heavy atom. The number of benzene rings is 2. The minimum Gasteiger partial charge on any atom is -0.378 e. The highest BCUT2D eigenvalue weighted by Gasteiger charge is 2.25. The number of nitrogens with one attached hydrogen (secondary N) is 1. The molecule has 1 aliphatic heterocycles. The number of para-hydroxylation sites is 2. The summed E-state index contributed by atoms with van der Waals surface area (Å²) in [7, 11) is 0. The maximum atomic E-state index is 13.4. The van der Waals surface area contributed by atoms with Gasteiger partial charge in [0.2, 0.25) is 0 Å². The summed E-state index contributed by atoms with van der Waals surface area (Å²) in [5, 5.41) is 1.23. The van der Waals surface area contributed by atoms with E-state index in [2.05, 4.69) is 4.98 Å². The first kappa shape index (κ1) is 15.2. The van der Waals surface area contributed by atoms with Crippen LogP contribution in [0.5, 0.6) is 0 Å². The lowest BCUT2D eigenvalue weighted by molar-refractivity contribution is 0.0305. The Kier molecular flexibility index (Phi) is 3.33. The van der Waals surface area contributed by atoms with Crippen LogP contribution in [0.2, 0.25) is 0 Å². The molecule has 1 amide bonds. The molecule has 130 valence electrons. The smallest absolute Gasteiger partial charge is 0.264 e. The molecular formula is C20H17N3O3. The summed E-state index contributed by atoms with van der Waals surface area (Å²) in [6, 6.07) is 14.9. The van der Waals surface area contributed by atoms with Crippen molar-refractivity contribution in [3.05, 3.63) is 64.4 Å². The molecule has 1 N–H and O–H groups in total. The minimum absolute atomic E-state index is 0.0754. The Morgan fingerprint density at radius 2 is 1.65 bits per heavy atom. The summed E-state index contributed by atoms with van der Waals surface area (Å²) >= 11 is 0. The van der Waals surface area contributed by atoms with Crippen LogP contribution in [-0.2, 0) is 4.74 Å².